The number of hydrogen-bond acceptors (Lipinski definition) is 4. The molecular formula is C24H17F2N5OS. The number of halogens is 2. The first-order valence-corrected chi connectivity index (χ1v) is 10.8. The predicted octanol–water partition coefficient (Wildman–Crippen LogP) is 5.04. The molecule has 0 aliphatic carbocycles. The lowest BCUT2D eigenvalue weighted by Gasteiger charge is -2.20. The van der Waals surface area contributed by atoms with Crippen molar-refractivity contribution in [2.75, 3.05) is 0 Å². The van der Waals surface area contributed by atoms with Gasteiger partial charge in [0.15, 0.2) is 5.84 Å². The molecule has 2 aliphatic rings. The van der Waals surface area contributed by atoms with E-state index in [1.165, 1.54) is 29.3 Å². The van der Waals surface area contributed by atoms with E-state index < -0.39 is 5.91 Å². The van der Waals surface area contributed by atoms with Gasteiger partial charge < -0.3 is 4.57 Å². The molecule has 0 atom stereocenters. The van der Waals surface area contributed by atoms with Gasteiger partial charge in [0.1, 0.15) is 16.7 Å². The number of carbonyl (C=O) groups is 1. The molecule has 1 amide bonds. The molecule has 0 radical (unpaired) electrons. The first kappa shape index (κ1) is 21.0. The molecule has 6 nitrogen and oxygen atoms in total. The second-order valence-electron chi connectivity index (χ2n) is 7.57. The van der Waals surface area contributed by atoms with E-state index in [0.717, 1.165) is 28.7 Å². The number of aromatic nitrogens is 1. The lowest BCUT2D eigenvalue weighted by Crippen LogP contribution is -2.35. The zero-order valence-corrected chi connectivity index (χ0v) is 18.5. The van der Waals surface area contributed by atoms with E-state index in [4.69, 9.17) is 5.41 Å². The Labute approximate surface area is 192 Å². The number of hydrogen-bond donors (Lipinski definition) is 1. The van der Waals surface area contributed by atoms with Gasteiger partial charge in [0, 0.05) is 22.6 Å². The highest BCUT2D eigenvalue weighted by atomic mass is 32.2. The van der Waals surface area contributed by atoms with Gasteiger partial charge in [-0.15, -0.1) is 0 Å². The van der Waals surface area contributed by atoms with Crippen LogP contribution in [-0.4, -0.2) is 31.5 Å². The van der Waals surface area contributed by atoms with Crippen molar-refractivity contribution in [3.8, 4) is 5.69 Å². The Bertz CT molecular complexity index is 1420. The third kappa shape index (κ3) is 3.70. The van der Waals surface area contributed by atoms with Crippen LogP contribution >= 0.6 is 11.8 Å². The highest BCUT2D eigenvalue weighted by Gasteiger charge is 2.36. The fourth-order valence-electron chi connectivity index (χ4n) is 3.80. The number of nitrogens with zero attached hydrogens (tertiary/aromatic N) is 4. The van der Waals surface area contributed by atoms with Gasteiger partial charge in [-0.3, -0.25) is 10.2 Å². The third-order valence-electron chi connectivity index (χ3n) is 5.38. The summed E-state index contributed by atoms with van der Waals surface area (Å²) in [5.74, 6) is -1.33. The average Bonchev–Trinajstić information content (AvgIpc) is 3.32. The maximum Gasteiger partial charge on any atom is 0.283 e. The summed E-state index contributed by atoms with van der Waals surface area (Å²) in [6, 6.07) is 14.0. The summed E-state index contributed by atoms with van der Waals surface area (Å²) in [5, 5.41) is 15.1. The van der Waals surface area contributed by atoms with Crippen LogP contribution in [0.2, 0.25) is 0 Å². The van der Waals surface area contributed by atoms with E-state index in [1.807, 2.05) is 24.5 Å². The van der Waals surface area contributed by atoms with Gasteiger partial charge in [-0.25, -0.2) is 8.78 Å². The molecule has 164 valence electrons. The van der Waals surface area contributed by atoms with Crippen LogP contribution in [-0.2, 0) is 4.79 Å². The standard InChI is InChI=1S/C24H17F2N5OS/c1-13-10-16(14(2)30(13)19-5-3-4-18(26)12-19)11-20-21(27)31-24(28-22(20)32)33-23(29-31)15-6-8-17(25)9-7-15/h3-12,27H,1-2H3/b20-11-,27-21?. The van der Waals surface area contributed by atoms with Crippen LogP contribution in [0.4, 0.5) is 8.78 Å². The number of amidine groups is 2. The Morgan fingerprint density at radius 1 is 1.03 bits per heavy atom. The number of benzene rings is 2. The first-order valence-electron chi connectivity index (χ1n) is 10.0. The smallest absolute Gasteiger partial charge is 0.283 e. The molecule has 33 heavy (non-hydrogen) atoms. The van der Waals surface area contributed by atoms with Crippen molar-refractivity contribution in [3.63, 3.8) is 0 Å². The lowest BCUT2D eigenvalue weighted by atomic mass is 10.1. The minimum atomic E-state index is -0.537. The number of nitrogens with one attached hydrogen (secondary N) is 1. The molecule has 1 aromatic heterocycles. The number of carbonyl (C=O) groups excluding carboxylic acids is 1. The summed E-state index contributed by atoms with van der Waals surface area (Å²) in [4.78, 5) is 16.9. The van der Waals surface area contributed by atoms with Gasteiger partial charge >= 0.3 is 0 Å². The van der Waals surface area contributed by atoms with Crippen LogP contribution in [0, 0.1) is 30.9 Å². The molecule has 0 spiro atoms. The van der Waals surface area contributed by atoms with Gasteiger partial charge in [0.25, 0.3) is 5.91 Å². The van der Waals surface area contributed by atoms with Gasteiger partial charge in [-0.2, -0.15) is 15.1 Å². The normalized spacial score (nSPS) is 16.8. The molecule has 3 heterocycles. The number of rotatable bonds is 3. The molecule has 0 fully saturated rings. The summed E-state index contributed by atoms with van der Waals surface area (Å²) in [5.41, 5.74) is 3.82. The number of aryl methyl sites for hydroxylation is 1. The summed E-state index contributed by atoms with van der Waals surface area (Å²) >= 11 is 1.15. The Morgan fingerprint density at radius 2 is 1.79 bits per heavy atom. The fourth-order valence-corrected chi connectivity index (χ4v) is 4.70. The summed E-state index contributed by atoms with van der Waals surface area (Å²) in [6.45, 7) is 3.76. The molecule has 0 bridgehead atoms. The van der Waals surface area contributed by atoms with E-state index in [1.54, 1.807) is 30.3 Å². The molecule has 2 aromatic carbocycles. The van der Waals surface area contributed by atoms with Crippen molar-refractivity contribution in [2.45, 2.75) is 13.8 Å². The highest BCUT2D eigenvalue weighted by molar-refractivity contribution is 8.27. The largest absolute Gasteiger partial charge is 0.318 e. The Balaban J connectivity index is 1.51. The number of hydrazone groups is 1. The zero-order chi connectivity index (χ0) is 23.3. The average molecular weight is 461 g/mol. The molecule has 0 saturated heterocycles. The number of amides is 1. The lowest BCUT2D eigenvalue weighted by molar-refractivity contribution is -0.114. The van der Waals surface area contributed by atoms with Crippen LogP contribution < -0.4 is 0 Å². The van der Waals surface area contributed by atoms with Crippen molar-refractivity contribution in [1.29, 1.82) is 5.41 Å². The van der Waals surface area contributed by atoms with Crippen molar-refractivity contribution in [3.05, 3.63) is 94.3 Å². The molecule has 5 rings (SSSR count). The Morgan fingerprint density at radius 3 is 2.52 bits per heavy atom. The maximum absolute atomic E-state index is 13.7. The van der Waals surface area contributed by atoms with E-state index in [9.17, 15) is 13.6 Å². The highest BCUT2D eigenvalue weighted by Crippen LogP contribution is 2.32. The summed E-state index contributed by atoms with van der Waals surface area (Å²) in [7, 11) is 0. The summed E-state index contributed by atoms with van der Waals surface area (Å²) in [6.07, 6.45) is 1.61. The van der Waals surface area contributed by atoms with E-state index in [2.05, 4.69) is 10.1 Å². The van der Waals surface area contributed by atoms with Crippen molar-refractivity contribution in [1.82, 2.24) is 9.58 Å². The quantitative estimate of drug-likeness (QED) is 0.556. The molecule has 9 heteroatoms. The van der Waals surface area contributed by atoms with E-state index >= 15 is 0 Å². The molecule has 1 N–H and O–H groups in total. The van der Waals surface area contributed by atoms with Crippen LogP contribution in [0.5, 0.6) is 0 Å². The van der Waals surface area contributed by atoms with E-state index in [0.29, 0.717) is 16.3 Å². The van der Waals surface area contributed by atoms with Crippen molar-refractivity contribution in [2.24, 2.45) is 10.1 Å². The van der Waals surface area contributed by atoms with Gasteiger partial charge in [-0.1, -0.05) is 6.07 Å². The SMILES string of the molecule is Cc1cc(/C=C2/C(=N)N3N=C(c4ccc(F)cc4)SC3=NC2=O)c(C)n1-c1cccc(F)c1. The fraction of sp³-hybridized carbons (Fsp3) is 0.0833. The Kier molecular flexibility index (Phi) is 5.05. The third-order valence-corrected chi connectivity index (χ3v) is 6.34. The first-order chi connectivity index (χ1) is 15.8. The van der Waals surface area contributed by atoms with Crippen LogP contribution in [0.3, 0.4) is 0 Å². The minimum Gasteiger partial charge on any atom is -0.318 e. The number of aliphatic imine (C=N–C) groups is 1. The topological polar surface area (TPSA) is 73.8 Å². The van der Waals surface area contributed by atoms with Gasteiger partial charge in [-0.05, 0) is 85.8 Å². The Hall–Kier alpha value is -3.85. The molecule has 0 unspecified atom stereocenters. The zero-order valence-electron chi connectivity index (χ0n) is 17.6. The molecule has 3 aromatic rings. The molecule has 2 aliphatic heterocycles. The van der Waals surface area contributed by atoms with Crippen LogP contribution in [0.25, 0.3) is 11.8 Å². The predicted molar refractivity (Wildman–Crippen MR) is 126 cm³/mol. The monoisotopic (exact) mass is 461 g/mol. The molecular weight excluding hydrogens is 444 g/mol. The number of thioether (sulfide) groups is 1. The van der Waals surface area contributed by atoms with E-state index in [-0.39, 0.29) is 28.2 Å². The maximum atomic E-state index is 13.7. The van der Waals surface area contributed by atoms with Crippen LogP contribution in [0.15, 0.2) is 70.3 Å². The summed E-state index contributed by atoms with van der Waals surface area (Å²) < 4.78 is 28.9. The van der Waals surface area contributed by atoms with Crippen LogP contribution in [0.1, 0.15) is 22.5 Å². The minimum absolute atomic E-state index is 0.0924. The second-order valence-corrected chi connectivity index (χ2v) is 8.53. The van der Waals surface area contributed by atoms with Crippen molar-refractivity contribution < 1.29 is 13.6 Å². The van der Waals surface area contributed by atoms with Gasteiger partial charge in [0.05, 0.1) is 5.57 Å². The second kappa shape index (κ2) is 7.93. The molecule has 0 saturated carbocycles. The van der Waals surface area contributed by atoms with Crippen molar-refractivity contribution >= 4 is 39.8 Å². The number of fused-ring (bicyclic) bond motifs is 1. The van der Waals surface area contributed by atoms with Gasteiger partial charge in [0.2, 0.25) is 5.17 Å².